The molecule has 1 heterocycles. The summed E-state index contributed by atoms with van der Waals surface area (Å²) in [5.41, 5.74) is 2.77. The third kappa shape index (κ3) is 3.19. The highest BCUT2D eigenvalue weighted by atomic mass is 32.1. The molecule has 0 aliphatic carbocycles. The number of H-pyrrole nitrogens is 1. The molecule has 0 aliphatic rings. The van der Waals surface area contributed by atoms with Crippen LogP contribution in [0.1, 0.15) is 5.56 Å². The molecule has 0 atom stereocenters. The minimum absolute atomic E-state index is 0.186. The number of aromatic nitrogens is 2. The van der Waals surface area contributed by atoms with Gasteiger partial charge in [-0.15, -0.1) is 0 Å². The number of nitrogens with one attached hydrogen (secondary N) is 1. The third-order valence-electron chi connectivity index (χ3n) is 2.90. The van der Waals surface area contributed by atoms with E-state index in [1.807, 2.05) is 35.8 Å². The minimum atomic E-state index is -0.186. The van der Waals surface area contributed by atoms with Crippen LogP contribution in [0.3, 0.4) is 0 Å². The number of ether oxygens (including phenoxy) is 1. The Morgan fingerprint density at radius 1 is 1.32 bits per heavy atom. The Hall–Kier alpha value is -1.72. The van der Waals surface area contributed by atoms with Gasteiger partial charge in [0.1, 0.15) is 0 Å². The summed E-state index contributed by atoms with van der Waals surface area (Å²) in [4.78, 5) is 14.2. The number of hydrogen-bond donors (Lipinski definition) is 1. The van der Waals surface area contributed by atoms with E-state index in [2.05, 4.69) is 4.98 Å². The number of rotatable bonds is 4. The molecule has 2 aromatic rings. The van der Waals surface area contributed by atoms with E-state index in [4.69, 9.17) is 17.0 Å². The van der Waals surface area contributed by atoms with Gasteiger partial charge in [0, 0.05) is 19.7 Å². The van der Waals surface area contributed by atoms with Crippen LogP contribution < -0.4 is 5.56 Å². The maximum Gasteiger partial charge on any atom is 0.252 e. The summed E-state index contributed by atoms with van der Waals surface area (Å²) in [6.45, 7) is 3.17. The zero-order chi connectivity index (χ0) is 13.8. The van der Waals surface area contributed by atoms with Crippen LogP contribution in [0, 0.1) is 11.7 Å². The van der Waals surface area contributed by atoms with Crippen LogP contribution in [0.5, 0.6) is 0 Å². The van der Waals surface area contributed by atoms with Crippen LogP contribution in [0.25, 0.3) is 11.3 Å². The highest BCUT2D eigenvalue weighted by Crippen LogP contribution is 2.18. The molecule has 0 saturated heterocycles. The van der Waals surface area contributed by atoms with Crippen molar-refractivity contribution in [1.82, 2.24) is 9.55 Å². The SMILES string of the molecule is COCCn1c(-c2ccc(C)cc2)cc(=O)[nH]c1=S. The van der Waals surface area contributed by atoms with Gasteiger partial charge in [-0.05, 0) is 24.7 Å². The van der Waals surface area contributed by atoms with Crippen LogP contribution in [0.4, 0.5) is 0 Å². The molecule has 100 valence electrons. The van der Waals surface area contributed by atoms with E-state index in [0.717, 1.165) is 11.3 Å². The summed E-state index contributed by atoms with van der Waals surface area (Å²) in [7, 11) is 1.64. The van der Waals surface area contributed by atoms with Crippen molar-refractivity contribution in [1.29, 1.82) is 0 Å². The van der Waals surface area contributed by atoms with Gasteiger partial charge in [-0.2, -0.15) is 0 Å². The Morgan fingerprint density at radius 3 is 2.63 bits per heavy atom. The van der Waals surface area contributed by atoms with E-state index in [9.17, 15) is 4.79 Å². The quantitative estimate of drug-likeness (QED) is 0.873. The van der Waals surface area contributed by atoms with E-state index in [0.29, 0.717) is 17.9 Å². The lowest BCUT2D eigenvalue weighted by Crippen LogP contribution is -2.16. The molecule has 0 fully saturated rings. The zero-order valence-corrected chi connectivity index (χ0v) is 11.8. The average molecular weight is 276 g/mol. The third-order valence-corrected chi connectivity index (χ3v) is 3.22. The van der Waals surface area contributed by atoms with Gasteiger partial charge in [-0.1, -0.05) is 29.8 Å². The maximum absolute atomic E-state index is 11.6. The normalized spacial score (nSPS) is 10.6. The molecule has 0 unspecified atom stereocenters. The fourth-order valence-electron chi connectivity index (χ4n) is 1.89. The molecule has 1 aromatic carbocycles. The molecule has 1 N–H and O–H groups in total. The Morgan fingerprint density at radius 2 is 2.00 bits per heavy atom. The second-order valence-corrected chi connectivity index (χ2v) is 4.72. The van der Waals surface area contributed by atoms with E-state index < -0.39 is 0 Å². The monoisotopic (exact) mass is 276 g/mol. The average Bonchev–Trinajstić information content (AvgIpc) is 2.38. The highest BCUT2D eigenvalue weighted by molar-refractivity contribution is 7.71. The largest absolute Gasteiger partial charge is 0.383 e. The van der Waals surface area contributed by atoms with Gasteiger partial charge in [0.2, 0.25) is 0 Å². The van der Waals surface area contributed by atoms with E-state index in [1.165, 1.54) is 5.56 Å². The second kappa shape index (κ2) is 5.95. The van der Waals surface area contributed by atoms with Gasteiger partial charge in [0.15, 0.2) is 4.77 Å². The molecule has 2 rings (SSSR count). The molecule has 0 aliphatic heterocycles. The first-order valence-corrected chi connectivity index (χ1v) is 6.43. The summed E-state index contributed by atoms with van der Waals surface area (Å²) in [5, 5.41) is 0. The standard InChI is InChI=1S/C14H16N2O2S/c1-10-3-5-11(6-4-10)12-9-13(17)15-14(19)16(12)7-8-18-2/h3-6,9H,7-8H2,1-2H3,(H,15,17,19). The number of aromatic amines is 1. The van der Waals surface area contributed by atoms with Crippen molar-refractivity contribution in [3.63, 3.8) is 0 Å². The summed E-state index contributed by atoms with van der Waals surface area (Å²) in [5.74, 6) is 0. The fraction of sp³-hybridized carbons (Fsp3) is 0.286. The number of benzene rings is 1. The van der Waals surface area contributed by atoms with Gasteiger partial charge in [-0.25, -0.2) is 0 Å². The predicted octanol–water partition coefficient (Wildman–Crippen LogP) is 2.53. The van der Waals surface area contributed by atoms with E-state index in [-0.39, 0.29) is 5.56 Å². The van der Waals surface area contributed by atoms with Crippen LogP contribution in [-0.4, -0.2) is 23.3 Å². The molecule has 1 aromatic heterocycles. The van der Waals surface area contributed by atoms with Crippen molar-refractivity contribution >= 4 is 12.2 Å². The van der Waals surface area contributed by atoms with Crippen molar-refractivity contribution in [2.75, 3.05) is 13.7 Å². The molecule has 0 spiro atoms. The van der Waals surface area contributed by atoms with Crippen LogP contribution in [0.15, 0.2) is 35.1 Å². The molecule has 0 radical (unpaired) electrons. The molecular formula is C14H16N2O2S. The molecule has 0 saturated carbocycles. The minimum Gasteiger partial charge on any atom is -0.383 e. The van der Waals surface area contributed by atoms with Gasteiger partial charge < -0.3 is 9.30 Å². The van der Waals surface area contributed by atoms with Gasteiger partial charge in [0.25, 0.3) is 5.56 Å². The summed E-state index contributed by atoms with van der Waals surface area (Å²) in [6.07, 6.45) is 0. The van der Waals surface area contributed by atoms with Gasteiger partial charge in [0.05, 0.1) is 12.3 Å². The number of hydrogen-bond acceptors (Lipinski definition) is 3. The fourth-order valence-corrected chi connectivity index (χ4v) is 2.18. The molecule has 0 amide bonds. The Kier molecular flexibility index (Phi) is 4.29. The smallest absolute Gasteiger partial charge is 0.252 e. The first kappa shape index (κ1) is 13.7. The number of methoxy groups -OCH3 is 1. The topological polar surface area (TPSA) is 47.0 Å². The van der Waals surface area contributed by atoms with Crippen molar-refractivity contribution < 1.29 is 4.74 Å². The van der Waals surface area contributed by atoms with Crippen molar-refractivity contribution in [3.05, 3.63) is 51.0 Å². The summed E-state index contributed by atoms with van der Waals surface area (Å²) in [6, 6.07) is 9.57. The first-order chi connectivity index (χ1) is 9.11. The molecule has 0 bridgehead atoms. The first-order valence-electron chi connectivity index (χ1n) is 6.02. The van der Waals surface area contributed by atoms with Gasteiger partial charge >= 0.3 is 0 Å². The molecule has 19 heavy (non-hydrogen) atoms. The Bertz CT molecular complexity index is 671. The Labute approximate surface area is 116 Å². The number of aryl methyl sites for hydroxylation is 1. The second-order valence-electron chi connectivity index (χ2n) is 4.33. The predicted molar refractivity (Wildman–Crippen MR) is 77.9 cm³/mol. The van der Waals surface area contributed by atoms with Crippen molar-refractivity contribution in [2.24, 2.45) is 0 Å². The highest BCUT2D eigenvalue weighted by Gasteiger charge is 2.06. The molecule has 4 nitrogen and oxygen atoms in total. The van der Waals surface area contributed by atoms with Crippen LogP contribution in [-0.2, 0) is 11.3 Å². The van der Waals surface area contributed by atoms with Crippen molar-refractivity contribution in [2.45, 2.75) is 13.5 Å². The van der Waals surface area contributed by atoms with Gasteiger partial charge in [-0.3, -0.25) is 9.78 Å². The molecular weight excluding hydrogens is 260 g/mol. The van der Waals surface area contributed by atoms with E-state index >= 15 is 0 Å². The number of nitrogens with zero attached hydrogens (tertiary/aromatic N) is 1. The molecule has 5 heteroatoms. The van der Waals surface area contributed by atoms with Crippen molar-refractivity contribution in [3.8, 4) is 11.3 Å². The Balaban J connectivity index is 2.57. The van der Waals surface area contributed by atoms with Crippen LogP contribution >= 0.6 is 12.2 Å². The van der Waals surface area contributed by atoms with Crippen LogP contribution in [0.2, 0.25) is 0 Å². The maximum atomic E-state index is 11.6. The zero-order valence-electron chi connectivity index (χ0n) is 11.0. The lowest BCUT2D eigenvalue weighted by atomic mass is 10.1. The summed E-state index contributed by atoms with van der Waals surface area (Å²) >= 11 is 5.22. The lowest BCUT2D eigenvalue weighted by molar-refractivity contribution is 0.187. The summed E-state index contributed by atoms with van der Waals surface area (Å²) < 4.78 is 7.38. The lowest BCUT2D eigenvalue weighted by Gasteiger charge is -2.13. The van der Waals surface area contributed by atoms with E-state index in [1.54, 1.807) is 13.2 Å².